The van der Waals surface area contributed by atoms with Crippen LogP contribution in [0.3, 0.4) is 0 Å². The Morgan fingerprint density at radius 2 is 2.03 bits per heavy atom. The molecule has 0 bridgehead atoms. The fraction of sp³-hybridized carbons (Fsp3) is 0.545. The average molecular weight is 444 g/mol. The third-order valence-corrected chi connectivity index (χ3v) is 6.11. The number of ether oxygens (including phenoxy) is 1. The smallest absolute Gasteiger partial charge is 0.264 e. The molecule has 10 heteroatoms. The van der Waals surface area contributed by atoms with Crippen molar-refractivity contribution in [2.45, 2.75) is 31.4 Å². The number of amides is 4. The highest BCUT2D eigenvalue weighted by Crippen LogP contribution is 2.32. The summed E-state index contributed by atoms with van der Waals surface area (Å²) >= 11 is 0. The Hall–Kier alpha value is -2.82. The van der Waals surface area contributed by atoms with Gasteiger partial charge in [-0.3, -0.25) is 34.3 Å². The molecular weight excluding hydrogens is 414 g/mol. The lowest BCUT2D eigenvalue weighted by Crippen LogP contribution is -2.54. The van der Waals surface area contributed by atoms with E-state index in [0.717, 1.165) is 37.5 Å². The lowest BCUT2D eigenvalue weighted by atomic mass is 10.0. The maximum atomic E-state index is 13.2. The predicted octanol–water partition coefficient (Wildman–Crippen LogP) is -0.190. The Bertz CT molecular complexity index is 920. The van der Waals surface area contributed by atoms with E-state index in [9.17, 15) is 19.2 Å². The third kappa shape index (κ3) is 4.52. The molecule has 3 heterocycles. The van der Waals surface area contributed by atoms with Gasteiger partial charge in [-0.25, -0.2) is 0 Å². The number of benzene rings is 1. The van der Waals surface area contributed by atoms with Gasteiger partial charge in [-0.2, -0.15) is 0 Å². The Balaban J connectivity index is 1.43. The highest BCUT2D eigenvalue weighted by molar-refractivity contribution is 6.25. The summed E-state index contributed by atoms with van der Waals surface area (Å²) in [5, 5.41) is 8.64. The number of anilines is 1. The Morgan fingerprint density at radius 3 is 2.81 bits per heavy atom. The van der Waals surface area contributed by atoms with Gasteiger partial charge in [-0.1, -0.05) is 6.07 Å². The number of fused-ring (bicyclic) bond motifs is 1. The molecule has 3 aliphatic rings. The first-order chi connectivity index (χ1) is 15.5. The lowest BCUT2D eigenvalue weighted by Gasteiger charge is -2.33. The molecule has 3 aliphatic heterocycles. The zero-order valence-electron chi connectivity index (χ0n) is 18.2. The Kier molecular flexibility index (Phi) is 6.83. The molecule has 0 saturated carbocycles. The first-order valence-electron chi connectivity index (χ1n) is 11.1. The average Bonchev–Trinajstić information content (AvgIpc) is 3.04. The lowest BCUT2D eigenvalue weighted by molar-refractivity contribution is -0.136. The van der Waals surface area contributed by atoms with Gasteiger partial charge in [0.05, 0.1) is 23.8 Å². The fourth-order valence-corrected chi connectivity index (χ4v) is 4.47. The fourth-order valence-electron chi connectivity index (χ4n) is 4.47. The summed E-state index contributed by atoms with van der Waals surface area (Å²) in [6.07, 6.45) is 1.26. The van der Waals surface area contributed by atoms with E-state index in [4.69, 9.17) is 4.74 Å². The van der Waals surface area contributed by atoms with E-state index in [2.05, 4.69) is 20.9 Å². The van der Waals surface area contributed by atoms with Crippen LogP contribution in [0.1, 0.15) is 40.0 Å². The minimum Gasteiger partial charge on any atom is -0.382 e. The van der Waals surface area contributed by atoms with Gasteiger partial charge in [0.1, 0.15) is 6.04 Å². The van der Waals surface area contributed by atoms with Crippen LogP contribution in [0.25, 0.3) is 0 Å². The minimum absolute atomic E-state index is 0.0346. The van der Waals surface area contributed by atoms with Gasteiger partial charge < -0.3 is 15.4 Å². The van der Waals surface area contributed by atoms with E-state index < -0.39 is 29.7 Å². The van der Waals surface area contributed by atoms with Gasteiger partial charge in [0.2, 0.25) is 11.8 Å². The van der Waals surface area contributed by atoms with E-state index in [1.807, 2.05) is 7.05 Å². The Labute approximate surface area is 186 Å². The summed E-state index contributed by atoms with van der Waals surface area (Å²) in [5.74, 6) is -2.02. The maximum Gasteiger partial charge on any atom is 0.264 e. The number of carbonyl (C=O) groups excluding carboxylic acids is 4. The van der Waals surface area contributed by atoms with Gasteiger partial charge in [-0.05, 0) is 45.1 Å². The molecule has 1 aromatic rings. The third-order valence-electron chi connectivity index (χ3n) is 6.11. The van der Waals surface area contributed by atoms with Gasteiger partial charge >= 0.3 is 0 Å². The van der Waals surface area contributed by atoms with Crippen LogP contribution in [-0.4, -0.2) is 92.0 Å². The second kappa shape index (κ2) is 9.76. The largest absolute Gasteiger partial charge is 0.382 e. The van der Waals surface area contributed by atoms with Crippen molar-refractivity contribution in [1.82, 2.24) is 20.4 Å². The van der Waals surface area contributed by atoms with Crippen LogP contribution in [0.5, 0.6) is 0 Å². The van der Waals surface area contributed by atoms with Gasteiger partial charge in [-0.15, -0.1) is 0 Å². The zero-order chi connectivity index (χ0) is 22.7. The molecule has 0 radical (unpaired) electrons. The van der Waals surface area contributed by atoms with Gasteiger partial charge in [0, 0.05) is 31.7 Å². The first-order valence-corrected chi connectivity index (χ1v) is 11.1. The summed E-state index contributed by atoms with van der Waals surface area (Å²) in [7, 11) is 1.94. The number of hydrogen-bond acceptors (Lipinski definition) is 8. The number of carbonyl (C=O) groups is 4. The van der Waals surface area contributed by atoms with Crippen molar-refractivity contribution in [3.63, 3.8) is 0 Å². The van der Waals surface area contributed by atoms with Crippen LogP contribution >= 0.6 is 0 Å². The van der Waals surface area contributed by atoms with Crippen LogP contribution in [0.2, 0.25) is 0 Å². The second-order valence-electron chi connectivity index (χ2n) is 8.31. The van der Waals surface area contributed by atoms with Gasteiger partial charge in [0.25, 0.3) is 11.8 Å². The second-order valence-corrected chi connectivity index (χ2v) is 8.31. The van der Waals surface area contributed by atoms with Crippen molar-refractivity contribution < 1.29 is 23.9 Å². The number of nitrogens with one attached hydrogen (secondary N) is 3. The van der Waals surface area contributed by atoms with Crippen molar-refractivity contribution >= 4 is 29.3 Å². The van der Waals surface area contributed by atoms with Crippen molar-refractivity contribution in [3.05, 3.63) is 29.3 Å². The molecule has 4 rings (SSSR count). The quantitative estimate of drug-likeness (QED) is 0.374. The number of hydrogen-bond donors (Lipinski definition) is 3. The van der Waals surface area contributed by atoms with E-state index in [0.29, 0.717) is 18.8 Å². The molecular formula is C22H29N5O5. The molecule has 1 unspecified atom stereocenters. The molecule has 0 aromatic heterocycles. The molecule has 2 atom stereocenters. The topological polar surface area (TPSA) is 120 Å². The molecule has 0 aliphatic carbocycles. The Morgan fingerprint density at radius 1 is 1.19 bits per heavy atom. The summed E-state index contributed by atoms with van der Waals surface area (Å²) in [5.41, 5.74) is 1.08. The van der Waals surface area contributed by atoms with E-state index in [-0.39, 0.29) is 30.1 Å². The van der Waals surface area contributed by atoms with Crippen LogP contribution in [0.15, 0.2) is 18.2 Å². The van der Waals surface area contributed by atoms with E-state index in [1.54, 1.807) is 18.2 Å². The van der Waals surface area contributed by atoms with Gasteiger partial charge in [0.15, 0.2) is 0 Å². The predicted molar refractivity (Wildman–Crippen MR) is 116 cm³/mol. The molecule has 0 spiro atoms. The molecule has 10 nitrogen and oxygen atoms in total. The van der Waals surface area contributed by atoms with Crippen LogP contribution in [0, 0.1) is 0 Å². The SMILES string of the molecule is CNCCCN1CCO[C@H](CNc2cccc3c2C(=O)N(C2CCC(=O)NC2=O)C3=O)C1. The standard InChI is InChI=1S/C22H29N5O5/c1-23-8-3-9-26-10-11-32-14(13-26)12-24-16-5-2-4-15-19(16)22(31)27(21(15)30)17-6-7-18(28)25-20(17)29/h2,4-5,14,17,23-24H,3,6-13H2,1H3,(H,25,28,29)/t14-,17?/m1/s1. The number of nitrogens with zero attached hydrogens (tertiary/aromatic N) is 2. The molecule has 4 amide bonds. The zero-order valence-corrected chi connectivity index (χ0v) is 18.2. The molecule has 1 aromatic carbocycles. The highest BCUT2D eigenvalue weighted by atomic mass is 16.5. The molecule has 172 valence electrons. The monoisotopic (exact) mass is 443 g/mol. The van der Waals surface area contributed by atoms with Crippen LogP contribution < -0.4 is 16.0 Å². The number of piperidine rings is 1. The van der Waals surface area contributed by atoms with Crippen LogP contribution in [-0.2, 0) is 14.3 Å². The summed E-state index contributed by atoms with van der Waals surface area (Å²) in [4.78, 5) is 53.2. The van der Waals surface area contributed by atoms with Crippen molar-refractivity contribution in [1.29, 1.82) is 0 Å². The van der Waals surface area contributed by atoms with Crippen molar-refractivity contribution in [2.75, 3.05) is 51.7 Å². The first kappa shape index (κ1) is 22.4. The van der Waals surface area contributed by atoms with Crippen molar-refractivity contribution in [3.8, 4) is 0 Å². The molecule has 3 N–H and O–H groups in total. The maximum absolute atomic E-state index is 13.2. The molecule has 2 saturated heterocycles. The number of imide groups is 2. The number of morpholine rings is 1. The molecule has 32 heavy (non-hydrogen) atoms. The minimum atomic E-state index is -0.971. The van der Waals surface area contributed by atoms with Crippen LogP contribution in [0.4, 0.5) is 5.69 Å². The van der Waals surface area contributed by atoms with Crippen molar-refractivity contribution in [2.24, 2.45) is 0 Å². The van der Waals surface area contributed by atoms with E-state index in [1.165, 1.54) is 0 Å². The summed E-state index contributed by atoms with van der Waals surface area (Å²) < 4.78 is 5.88. The van der Waals surface area contributed by atoms with E-state index >= 15 is 0 Å². The summed E-state index contributed by atoms with van der Waals surface area (Å²) in [6, 6.07) is 4.09. The normalized spacial score (nSPS) is 24.0. The number of rotatable bonds is 8. The molecule has 2 fully saturated rings. The highest BCUT2D eigenvalue weighted by Gasteiger charge is 2.45. The summed E-state index contributed by atoms with van der Waals surface area (Å²) in [6.45, 7) is 4.81.